The third kappa shape index (κ3) is 4.97. The monoisotopic (exact) mass is 334 g/mol. The van der Waals surface area contributed by atoms with Crippen molar-refractivity contribution in [2.75, 3.05) is 18.5 Å². The van der Waals surface area contributed by atoms with Gasteiger partial charge in [-0.3, -0.25) is 0 Å². The maximum atomic E-state index is 12.2. The number of hydrogen-bond acceptors (Lipinski definition) is 4. The van der Waals surface area contributed by atoms with Crippen molar-refractivity contribution in [3.63, 3.8) is 0 Å². The summed E-state index contributed by atoms with van der Waals surface area (Å²) < 4.78 is 5.44. The van der Waals surface area contributed by atoms with Crippen LogP contribution in [-0.2, 0) is 0 Å². The number of aliphatic hydroxyl groups excluding tert-OH is 1. The van der Waals surface area contributed by atoms with Gasteiger partial charge in [0.05, 0.1) is 12.6 Å². The zero-order valence-electron chi connectivity index (χ0n) is 13.3. The minimum absolute atomic E-state index is 0.0188. The molecule has 1 aromatic heterocycles. The number of urea groups is 1. The molecule has 23 heavy (non-hydrogen) atoms. The first-order chi connectivity index (χ1) is 11.1. The molecule has 1 heterocycles. The van der Waals surface area contributed by atoms with E-state index in [1.54, 1.807) is 11.3 Å². The van der Waals surface area contributed by atoms with E-state index in [1.165, 1.54) is 0 Å². The van der Waals surface area contributed by atoms with Crippen LogP contribution in [0.1, 0.15) is 29.8 Å². The molecule has 124 valence electrons. The molecule has 2 amide bonds. The predicted octanol–water partition coefficient (Wildman–Crippen LogP) is 3.70. The van der Waals surface area contributed by atoms with Crippen molar-refractivity contribution in [1.82, 2.24) is 5.32 Å². The number of anilines is 1. The highest BCUT2D eigenvalue weighted by Crippen LogP contribution is 2.23. The van der Waals surface area contributed by atoms with Gasteiger partial charge < -0.3 is 20.5 Å². The lowest BCUT2D eigenvalue weighted by molar-refractivity contribution is 0.239. The molecule has 1 aromatic carbocycles. The lowest BCUT2D eigenvalue weighted by Crippen LogP contribution is -2.32. The number of ether oxygens (including phenoxy) is 1. The minimum Gasteiger partial charge on any atom is -0.494 e. The van der Waals surface area contributed by atoms with Gasteiger partial charge in [0.2, 0.25) is 0 Å². The molecule has 2 aromatic rings. The van der Waals surface area contributed by atoms with E-state index >= 15 is 0 Å². The van der Waals surface area contributed by atoms with E-state index in [-0.39, 0.29) is 18.7 Å². The van der Waals surface area contributed by atoms with E-state index in [0.29, 0.717) is 13.0 Å². The summed E-state index contributed by atoms with van der Waals surface area (Å²) in [5.41, 5.74) is 1.67. The molecule has 0 unspecified atom stereocenters. The highest BCUT2D eigenvalue weighted by molar-refractivity contribution is 7.10. The first kappa shape index (κ1) is 17.3. The van der Waals surface area contributed by atoms with Crippen LogP contribution in [0.2, 0.25) is 0 Å². The molecule has 0 radical (unpaired) electrons. The second-order valence-corrected chi connectivity index (χ2v) is 6.07. The number of benzene rings is 1. The molecule has 0 saturated carbocycles. The van der Waals surface area contributed by atoms with Gasteiger partial charge in [0.1, 0.15) is 5.75 Å². The van der Waals surface area contributed by atoms with Crippen molar-refractivity contribution in [2.45, 2.75) is 26.3 Å². The summed E-state index contributed by atoms with van der Waals surface area (Å²) in [7, 11) is 0. The molecule has 0 saturated heterocycles. The molecule has 5 nitrogen and oxygen atoms in total. The Kier molecular flexibility index (Phi) is 6.43. The summed E-state index contributed by atoms with van der Waals surface area (Å²) in [5, 5.41) is 16.9. The lowest BCUT2D eigenvalue weighted by atomic mass is 10.1. The van der Waals surface area contributed by atoms with Crippen LogP contribution >= 0.6 is 11.3 Å². The first-order valence-corrected chi connectivity index (χ1v) is 8.47. The molecule has 2 rings (SSSR count). The van der Waals surface area contributed by atoms with Gasteiger partial charge in [0.25, 0.3) is 0 Å². The summed E-state index contributed by atoms with van der Waals surface area (Å²) in [4.78, 5) is 13.3. The molecule has 1 atom stereocenters. The summed E-state index contributed by atoms with van der Waals surface area (Å²) in [6, 6.07) is 8.95. The van der Waals surface area contributed by atoms with Crippen LogP contribution in [0.15, 0.2) is 35.7 Å². The Hall–Kier alpha value is -2.05. The Morgan fingerprint density at radius 1 is 1.39 bits per heavy atom. The first-order valence-electron chi connectivity index (χ1n) is 7.59. The average Bonchev–Trinajstić information content (AvgIpc) is 3.04. The number of aryl methyl sites for hydroxylation is 1. The number of amides is 2. The van der Waals surface area contributed by atoms with Crippen molar-refractivity contribution >= 4 is 23.1 Å². The molecule has 0 fully saturated rings. The van der Waals surface area contributed by atoms with Crippen LogP contribution in [0.3, 0.4) is 0 Å². The van der Waals surface area contributed by atoms with E-state index in [9.17, 15) is 9.90 Å². The third-order valence-corrected chi connectivity index (χ3v) is 4.35. The van der Waals surface area contributed by atoms with Crippen molar-refractivity contribution in [2.24, 2.45) is 0 Å². The molecule has 0 spiro atoms. The van der Waals surface area contributed by atoms with Gasteiger partial charge in [-0.2, -0.15) is 0 Å². The Balaban J connectivity index is 2.00. The fourth-order valence-electron chi connectivity index (χ4n) is 2.25. The topological polar surface area (TPSA) is 70.6 Å². The van der Waals surface area contributed by atoms with Crippen molar-refractivity contribution in [3.05, 3.63) is 46.2 Å². The number of hydrogen-bond donors (Lipinski definition) is 3. The van der Waals surface area contributed by atoms with Crippen LogP contribution in [-0.4, -0.2) is 24.4 Å². The molecule has 6 heteroatoms. The minimum atomic E-state index is -0.288. The van der Waals surface area contributed by atoms with Crippen molar-refractivity contribution in [3.8, 4) is 5.75 Å². The van der Waals surface area contributed by atoms with E-state index in [1.807, 2.05) is 49.6 Å². The van der Waals surface area contributed by atoms with E-state index < -0.39 is 0 Å². The van der Waals surface area contributed by atoms with Gasteiger partial charge in [-0.15, -0.1) is 11.3 Å². The zero-order chi connectivity index (χ0) is 16.7. The van der Waals surface area contributed by atoms with Crippen LogP contribution < -0.4 is 15.4 Å². The summed E-state index contributed by atoms with van der Waals surface area (Å²) >= 11 is 1.56. The number of carbonyl (C=O) groups is 1. The lowest BCUT2D eigenvalue weighted by Gasteiger charge is -2.18. The van der Waals surface area contributed by atoms with Gasteiger partial charge in [-0.05, 0) is 55.5 Å². The Labute approximate surface area is 140 Å². The Bertz CT molecular complexity index is 629. The SMILES string of the molecule is CCOc1ccc(NC(=O)N[C@H](CCO)c2cccs2)c(C)c1. The van der Waals surface area contributed by atoms with Gasteiger partial charge >= 0.3 is 6.03 Å². The largest absolute Gasteiger partial charge is 0.494 e. The molecule has 0 aliphatic heterocycles. The standard InChI is InChI=1S/C17H22N2O3S/c1-3-22-13-6-7-14(12(2)11-13)18-17(21)19-15(8-9-20)16-5-4-10-23-16/h4-7,10-11,15,20H,3,8-9H2,1-2H3,(H2,18,19,21)/t15-/m1/s1. The Morgan fingerprint density at radius 3 is 2.83 bits per heavy atom. The average molecular weight is 334 g/mol. The molecular formula is C17H22N2O3S. The summed E-state index contributed by atoms with van der Waals surface area (Å²) in [6.45, 7) is 4.48. The van der Waals surface area contributed by atoms with E-state index in [2.05, 4.69) is 10.6 Å². The quantitative estimate of drug-likeness (QED) is 0.723. The normalized spacial score (nSPS) is 11.8. The van der Waals surface area contributed by atoms with Gasteiger partial charge in [-0.1, -0.05) is 6.07 Å². The van der Waals surface area contributed by atoms with E-state index in [0.717, 1.165) is 21.9 Å². The zero-order valence-corrected chi connectivity index (χ0v) is 14.2. The maximum Gasteiger partial charge on any atom is 0.319 e. The molecular weight excluding hydrogens is 312 g/mol. The van der Waals surface area contributed by atoms with Crippen molar-refractivity contribution < 1.29 is 14.6 Å². The fourth-order valence-corrected chi connectivity index (χ4v) is 3.07. The summed E-state index contributed by atoms with van der Waals surface area (Å²) in [5.74, 6) is 0.785. The number of carbonyl (C=O) groups excluding carboxylic acids is 1. The predicted molar refractivity (Wildman–Crippen MR) is 93.3 cm³/mol. The highest BCUT2D eigenvalue weighted by atomic mass is 32.1. The second-order valence-electron chi connectivity index (χ2n) is 5.09. The number of rotatable bonds is 7. The van der Waals surface area contributed by atoms with Crippen LogP contribution in [0.4, 0.5) is 10.5 Å². The molecule has 0 bridgehead atoms. The van der Waals surface area contributed by atoms with Gasteiger partial charge in [0, 0.05) is 17.2 Å². The second kappa shape index (κ2) is 8.55. The smallest absolute Gasteiger partial charge is 0.319 e. The maximum absolute atomic E-state index is 12.2. The molecule has 0 aliphatic rings. The fraction of sp³-hybridized carbons (Fsp3) is 0.353. The number of aliphatic hydroxyl groups is 1. The van der Waals surface area contributed by atoms with E-state index in [4.69, 9.17) is 4.74 Å². The van der Waals surface area contributed by atoms with Gasteiger partial charge in [0.15, 0.2) is 0 Å². The van der Waals surface area contributed by atoms with Crippen LogP contribution in [0.5, 0.6) is 5.75 Å². The van der Waals surface area contributed by atoms with Gasteiger partial charge in [-0.25, -0.2) is 4.79 Å². The molecule has 3 N–H and O–H groups in total. The molecule has 0 aliphatic carbocycles. The van der Waals surface area contributed by atoms with Crippen molar-refractivity contribution in [1.29, 1.82) is 0 Å². The number of thiophene rings is 1. The highest BCUT2D eigenvalue weighted by Gasteiger charge is 2.15. The summed E-state index contributed by atoms with van der Waals surface area (Å²) in [6.07, 6.45) is 0.482. The number of nitrogens with one attached hydrogen (secondary N) is 2. The third-order valence-electron chi connectivity index (χ3n) is 3.37. The van der Waals surface area contributed by atoms with Crippen LogP contribution in [0.25, 0.3) is 0 Å². The Morgan fingerprint density at radius 2 is 2.22 bits per heavy atom. The van der Waals surface area contributed by atoms with Crippen LogP contribution in [0, 0.1) is 6.92 Å².